The van der Waals surface area contributed by atoms with Crippen molar-refractivity contribution in [3.05, 3.63) is 53.1 Å². The number of likely N-dealkylation sites (N-methyl/N-ethyl adjacent to an activating group) is 1. The molecule has 1 aliphatic heterocycles. The molecule has 2 heterocycles. The summed E-state index contributed by atoms with van der Waals surface area (Å²) in [6, 6.07) is 8.06. The number of anilines is 1. The van der Waals surface area contributed by atoms with Crippen molar-refractivity contribution in [2.45, 2.75) is 51.4 Å². The number of carbonyl (C=O) groups excluding carboxylic acids is 1. The number of nitriles is 1. The van der Waals surface area contributed by atoms with Gasteiger partial charge in [-0.3, -0.25) is 4.79 Å². The van der Waals surface area contributed by atoms with Gasteiger partial charge in [-0.1, -0.05) is 26.0 Å². The number of aromatic nitrogens is 2. The number of carbonyl (C=O) groups is 1. The van der Waals surface area contributed by atoms with Gasteiger partial charge >= 0.3 is 0 Å². The SMILES string of the molecule is CN(C)CC1(c2ccc(NC(=O)c3ncc(C#N)[nH]3)c(C3=CCC(C)(C)CC3)c2)CCS(=O)(=O)CC1. The molecule has 2 aromatic rings. The molecule has 8 nitrogen and oxygen atoms in total. The summed E-state index contributed by atoms with van der Waals surface area (Å²) in [5.41, 5.74) is 4.13. The van der Waals surface area contributed by atoms with Crippen molar-refractivity contribution in [2.24, 2.45) is 5.41 Å². The lowest BCUT2D eigenvalue weighted by atomic mass is 9.73. The molecule has 0 bridgehead atoms. The van der Waals surface area contributed by atoms with Gasteiger partial charge < -0.3 is 15.2 Å². The Balaban J connectivity index is 1.75. The zero-order valence-electron chi connectivity index (χ0n) is 21.5. The van der Waals surface area contributed by atoms with Gasteiger partial charge in [-0.25, -0.2) is 13.4 Å². The Bertz CT molecular complexity index is 1320. The lowest BCUT2D eigenvalue weighted by Gasteiger charge is -2.40. The number of benzene rings is 1. The summed E-state index contributed by atoms with van der Waals surface area (Å²) in [6.07, 6.45) is 7.65. The Labute approximate surface area is 213 Å². The predicted octanol–water partition coefficient (Wildman–Crippen LogP) is 4.14. The largest absolute Gasteiger partial charge is 0.326 e. The fourth-order valence-electron chi connectivity index (χ4n) is 5.32. The van der Waals surface area contributed by atoms with E-state index in [1.165, 1.54) is 11.8 Å². The highest BCUT2D eigenvalue weighted by molar-refractivity contribution is 7.91. The highest BCUT2D eigenvalue weighted by Gasteiger charge is 2.39. The van der Waals surface area contributed by atoms with Crippen molar-refractivity contribution < 1.29 is 13.2 Å². The molecular weight excluding hydrogens is 474 g/mol. The number of allylic oxidation sites excluding steroid dienone is 2. The average molecular weight is 510 g/mol. The molecule has 0 unspecified atom stereocenters. The first kappa shape index (κ1) is 26.1. The van der Waals surface area contributed by atoms with Gasteiger partial charge in [-0.15, -0.1) is 0 Å². The smallest absolute Gasteiger partial charge is 0.291 e. The molecule has 1 aliphatic carbocycles. The number of imidazole rings is 1. The van der Waals surface area contributed by atoms with Gasteiger partial charge in [-0.05, 0) is 74.9 Å². The molecule has 9 heteroatoms. The standard InChI is InChI=1S/C27H35N5O3S/c1-26(2)9-7-19(8-10-26)22-15-20(27(18-32(3)4)11-13-36(34,35)14-12-27)5-6-23(22)31-25(33)24-29-17-21(16-28)30-24/h5-7,15,17H,8-14,18H2,1-4H3,(H,29,30)(H,31,33). The van der Waals surface area contributed by atoms with Crippen molar-refractivity contribution in [1.29, 1.82) is 5.26 Å². The molecule has 0 saturated carbocycles. The van der Waals surface area contributed by atoms with E-state index in [0.29, 0.717) is 18.5 Å². The van der Waals surface area contributed by atoms with E-state index in [1.807, 2.05) is 32.3 Å². The van der Waals surface area contributed by atoms with Crippen LogP contribution in [0.1, 0.15) is 73.4 Å². The fraction of sp³-hybridized carbons (Fsp3) is 0.519. The Morgan fingerprint density at radius 2 is 1.94 bits per heavy atom. The summed E-state index contributed by atoms with van der Waals surface area (Å²) in [5, 5.41) is 12.0. The van der Waals surface area contributed by atoms with Crippen LogP contribution in [0, 0.1) is 16.7 Å². The summed E-state index contributed by atoms with van der Waals surface area (Å²) in [7, 11) is 1.02. The van der Waals surface area contributed by atoms with E-state index >= 15 is 0 Å². The summed E-state index contributed by atoms with van der Waals surface area (Å²) >= 11 is 0. The number of sulfone groups is 1. The van der Waals surface area contributed by atoms with Crippen LogP contribution >= 0.6 is 0 Å². The lowest BCUT2D eigenvalue weighted by Crippen LogP contribution is -2.44. The molecule has 0 radical (unpaired) electrons. The van der Waals surface area contributed by atoms with Gasteiger partial charge in [0.2, 0.25) is 0 Å². The first-order valence-electron chi connectivity index (χ1n) is 12.4. The van der Waals surface area contributed by atoms with E-state index in [4.69, 9.17) is 5.26 Å². The third kappa shape index (κ3) is 5.71. The Kier molecular flexibility index (Phi) is 7.13. The summed E-state index contributed by atoms with van der Waals surface area (Å²) < 4.78 is 24.5. The van der Waals surface area contributed by atoms with Gasteiger partial charge in [0.25, 0.3) is 5.91 Å². The van der Waals surface area contributed by atoms with Crippen LogP contribution in [0.15, 0.2) is 30.5 Å². The highest BCUT2D eigenvalue weighted by atomic mass is 32.2. The van der Waals surface area contributed by atoms with Crippen LogP contribution in [0.25, 0.3) is 5.57 Å². The number of hydrogen-bond donors (Lipinski definition) is 2. The molecule has 1 fully saturated rings. The molecule has 36 heavy (non-hydrogen) atoms. The van der Waals surface area contributed by atoms with Gasteiger partial charge in [0.15, 0.2) is 5.82 Å². The average Bonchev–Trinajstić information content (AvgIpc) is 3.30. The van der Waals surface area contributed by atoms with Crippen molar-refractivity contribution >= 4 is 27.0 Å². The van der Waals surface area contributed by atoms with E-state index in [0.717, 1.165) is 36.9 Å². The maximum Gasteiger partial charge on any atom is 0.291 e. The predicted molar refractivity (Wildman–Crippen MR) is 141 cm³/mol. The molecule has 2 aliphatic rings. The van der Waals surface area contributed by atoms with Crippen LogP contribution in [-0.2, 0) is 15.3 Å². The minimum atomic E-state index is -3.02. The summed E-state index contributed by atoms with van der Waals surface area (Å²) in [4.78, 5) is 21.8. The highest BCUT2D eigenvalue weighted by Crippen LogP contribution is 2.43. The monoisotopic (exact) mass is 509 g/mol. The molecule has 0 spiro atoms. The molecule has 1 aromatic heterocycles. The zero-order valence-corrected chi connectivity index (χ0v) is 22.3. The Morgan fingerprint density at radius 3 is 2.53 bits per heavy atom. The first-order chi connectivity index (χ1) is 16.9. The minimum absolute atomic E-state index is 0.0851. The number of nitrogens with one attached hydrogen (secondary N) is 2. The third-order valence-electron chi connectivity index (χ3n) is 7.51. The summed E-state index contributed by atoms with van der Waals surface area (Å²) in [5.74, 6) is 0.0483. The minimum Gasteiger partial charge on any atom is -0.326 e. The van der Waals surface area contributed by atoms with Crippen molar-refractivity contribution in [3.63, 3.8) is 0 Å². The second-order valence-electron chi connectivity index (χ2n) is 11.2. The van der Waals surface area contributed by atoms with E-state index in [2.05, 4.69) is 46.2 Å². The molecule has 1 aromatic carbocycles. The second-order valence-corrected chi connectivity index (χ2v) is 13.5. The fourth-order valence-corrected chi connectivity index (χ4v) is 6.92. The Hall–Kier alpha value is -2.96. The van der Waals surface area contributed by atoms with E-state index in [1.54, 1.807) is 0 Å². The molecule has 2 N–H and O–H groups in total. The van der Waals surface area contributed by atoms with Crippen LogP contribution in [0.3, 0.4) is 0 Å². The number of aromatic amines is 1. The maximum absolute atomic E-state index is 12.9. The van der Waals surface area contributed by atoms with Crippen molar-refractivity contribution in [3.8, 4) is 6.07 Å². The van der Waals surface area contributed by atoms with Crippen LogP contribution in [0.5, 0.6) is 0 Å². The van der Waals surface area contributed by atoms with Crippen molar-refractivity contribution in [2.75, 3.05) is 37.5 Å². The number of rotatable bonds is 6. The zero-order chi connectivity index (χ0) is 26.1. The molecule has 192 valence electrons. The quantitative estimate of drug-likeness (QED) is 0.604. The van der Waals surface area contributed by atoms with Crippen LogP contribution < -0.4 is 5.32 Å². The molecule has 4 rings (SSSR count). The van der Waals surface area contributed by atoms with E-state index in [9.17, 15) is 13.2 Å². The van der Waals surface area contributed by atoms with Crippen LogP contribution in [-0.4, -0.2) is 61.3 Å². The molecule has 1 amide bonds. The lowest BCUT2D eigenvalue weighted by molar-refractivity contribution is 0.101. The number of hydrogen-bond acceptors (Lipinski definition) is 6. The van der Waals surface area contributed by atoms with Gasteiger partial charge in [-0.2, -0.15) is 5.26 Å². The van der Waals surface area contributed by atoms with Crippen LogP contribution in [0.4, 0.5) is 5.69 Å². The number of H-pyrrole nitrogens is 1. The number of nitrogens with zero attached hydrogens (tertiary/aromatic N) is 3. The first-order valence-corrected chi connectivity index (χ1v) is 14.2. The Morgan fingerprint density at radius 1 is 1.22 bits per heavy atom. The molecule has 0 atom stereocenters. The van der Waals surface area contributed by atoms with Gasteiger partial charge in [0.05, 0.1) is 17.7 Å². The third-order valence-corrected chi connectivity index (χ3v) is 9.16. The van der Waals surface area contributed by atoms with Gasteiger partial charge in [0, 0.05) is 23.2 Å². The van der Waals surface area contributed by atoms with E-state index < -0.39 is 15.7 Å². The molecule has 1 saturated heterocycles. The topological polar surface area (TPSA) is 119 Å². The normalized spacial score (nSPS) is 20.4. The maximum atomic E-state index is 12.9. The molecular formula is C27H35N5O3S. The van der Waals surface area contributed by atoms with Crippen molar-refractivity contribution in [1.82, 2.24) is 14.9 Å². The summed E-state index contributed by atoms with van der Waals surface area (Å²) in [6.45, 7) is 5.28. The van der Waals surface area contributed by atoms with E-state index in [-0.39, 0.29) is 33.9 Å². The second kappa shape index (κ2) is 9.83. The number of amides is 1. The van der Waals surface area contributed by atoms with Gasteiger partial charge in [0.1, 0.15) is 21.6 Å². The van der Waals surface area contributed by atoms with Crippen LogP contribution in [0.2, 0.25) is 0 Å².